The molecule has 58 valence electrons. The molecule has 0 spiro atoms. The summed E-state index contributed by atoms with van der Waals surface area (Å²) in [6.07, 6.45) is 1.12. The topological polar surface area (TPSA) is 52.3 Å². The van der Waals surface area contributed by atoms with Crippen molar-refractivity contribution in [3.63, 3.8) is 0 Å². The maximum absolute atomic E-state index is 10.5. The van der Waals surface area contributed by atoms with Gasteiger partial charge in [0.05, 0.1) is 0 Å². The molecule has 2 N–H and O–H groups in total. The zero-order chi connectivity index (χ0) is 8.20. The van der Waals surface area contributed by atoms with Gasteiger partial charge in [0.2, 0.25) is 0 Å². The Morgan fingerprint density at radius 3 is 2.60 bits per heavy atom. The second-order valence-electron chi connectivity index (χ2n) is 2.80. The van der Waals surface area contributed by atoms with E-state index in [1.165, 1.54) is 0 Å². The summed E-state index contributed by atoms with van der Waals surface area (Å²) in [5.74, 6) is -0.432. The van der Waals surface area contributed by atoms with Gasteiger partial charge in [-0.2, -0.15) is 0 Å². The van der Waals surface area contributed by atoms with Crippen molar-refractivity contribution in [1.82, 2.24) is 0 Å². The van der Waals surface area contributed by atoms with Gasteiger partial charge in [0.15, 0.2) is 0 Å². The molecule has 0 aliphatic heterocycles. The van der Waals surface area contributed by atoms with E-state index >= 15 is 0 Å². The minimum Gasteiger partial charge on any atom is -0.461 e. The molecular formula is C7H13NO2. The van der Waals surface area contributed by atoms with Crippen LogP contribution in [0.1, 0.15) is 13.8 Å². The maximum Gasteiger partial charge on any atom is 0.330 e. The first-order chi connectivity index (χ1) is 4.45. The van der Waals surface area contributed by atoms with Crippen LogP contribution in [0.3, 0.4) is 0 Å². The summed E-state index contributed by atoms with van der Waals surface area (Å²) in [5.41, 5.74) is 5.07. The quantitative estimate of drug-likeness (QED) is 0.461. The van der Waals surface area contributed by atoms with Crippen LogP contribution in [0.4, 0.5) is 0 Å². The average Bonchev–Trinajstić information content (AvgIpc) is 1.81. The van der Waals surface area contributed by atoms with Crippen molar-refractivity contribution in [2.75, 3.05) is 6.61 Å². The van der Waals surface area contributed by atoms with Crippen molar-refractivity contribution >= 4 is 5.97 Å². The monoisotopic (exact) mass is 143 g/mol. The highest BCUT2D eigenvalue weighted by atomic mass is 16.5. The van der Waals surface area contributed by atoms with Crippen molar-refractivity contribution in [3.8, 4) is 0 Å². The van der Waals surface area contributed by atoms with E-state index in [0.717, 1.165) is 6.08 Å². The van der Waals surface area contributed by atoms with Crippen molar-refractivity contribution in [2.24, 2.45) is 5.73 Å². The molecule has 0 aliphatic rings. The van der Waals surface area contributed by atoms with Gasteiger partial charge in [-0.3, -0.25) is 0 Å². The summed E-state index contributed by atoms with van der Waals surface area (Å²) in [7, 11) is 0. The molecule has 0 bridgehead atoms. The van der Waals surface area contributed by atoms with E-state index in [-0.39, 0.29) is 6.61 Å². The first-order valence-corrected chi connectivity index (χ1v) is 3.04. The van der Waals surface area contributed by atoms with Gasteiger partial charge < -0.3 is 10.5 Å². The van der Waals surface area contributed by atoms with Gasteiger partial charge >= 0.3 is 5.97 Å². The zero-order valence-electron chi connectivity index (χ0n) is 6.39. The van der Waals surface area contributed by atoms with Crippen LogP contribution < -0.4 is 5.73 Å². The van der Waals surface area contributed by atoms with Crippen LogP contribution in [0, 0.1) is 0 Å². The third-order valence-corrected chi connectivity index (χ3v) is 0.753. The molecule has 0 rings (SSSR count). The van der Waals surface area contributed by atoms with Gasteiger partial charge in [0.25, 0.3) is 0 Å². The molecule has 10 heavy (non-hydrogen) atoms. The van der Waals surface area contributed by atoms with E-state index < -0.39 is 11.5 Å². The Hall–Kier alpha value is -0.830. The van der Waals surface area contributed by atoms with E-state index in [1.807, 2.05) is 0 Å². The molecule has 3 heteroatoms. The molecule has 0 aromatic rings. The lowest BCUT2D eigenvalue weighted by Gasteiger charge is -2.16. The largest absolute Gasteiger partial charge is 0.461 e. The van der Waals surface area contributed by atoms with Crippen LogP contribution in [0.5, 0.6) is 0 Å². The van der Waals surface area contributed by atoms with Crippen LogP contribution in [0.2, 0.25) is 0 Å². The van der Waals surface area contributed by atoms with Gasteiger partial charge in [-0.1, -0.05) is 6.58 Å². The van der Waals surface area contributed by atoms with E-state index in [1.54, 1.807) is 13.8 Å². The minimum atomic E-state index is -0.460. The molecule has 0 unspecified atom stereocenters. The number of hydrogen-bond acceptors (Lipinski definition) is 3. The Morgan fingerprint density at radius 2 is 2.30 bits per heavy atom. The standard InChI is InChI=1S/C7H13NO2/c1-4-6(9)10-5-7(2,3)8/h4H,1,5,8H2,2-3H3. The van der Waals surface area contributed by atoms with Crippen LogP contribution in [-0.4, -0.2) is 18.1 Å². The van der Waals surface area contributed by atoms with E-state index in [9.17, 15) is 4.79 Å². The molecule has 0 amide bonds. The summed E-state index contributed by atoms with van der Waals surface area (Å²) in [5, 5.41) is 0. The van der Waals surface area contributed by atoms with Gasteiger partial charge in [0, 0.05) is 11.6 Å². The number of nitrogens with two attached hydrogens (primary N) is 1. The predicted octanol–water partition coefficient (Wildman–Crippen LogP) is 0.453. The van der Waals surface area contributed by atoms with Crippen molar-refractivity contribution in [1.29, 1.82) is 0 Å². The fraction of sp³-hybridized carbons (Fsp3) is 0.571. The van der Waals surface area contributed by atoms with Crippen molar-refractivity contribution in [3.05, 3.63) is 12.7 Å². The lowest BCUT2D eigenvalue weighted by Crippen LogP contribution is -2.38. The molecule has 0 aromatic carbocycles. The molecule has 0 saturated carbocycles. The highest BCUT2D eigenvalue weighted by Crippen LogP contribution is 1.96. The van der Waals surface area contributed by atoms with Gasteiger partial charge in [0.1, 0.15) is 6.61 Å². The third-order valence-electron chi connectivity index (χ3n) is 0.753. The summed E-state index contributed by atoms with van der Waals surface area (Å²) in [4.78, 5) is 10.5. The molecule has 0 heterocycles. The molecule has 0 atom stereocenters. The van der Waals surface area contributed by atoms with Crippen molar-refractivity contribution in [2.45, 2.75) is 19.4 Å². The highest BCUT2D eigenvalue weighted by Gasteiger charge is 2.11. The Bertz CT molecular complexity index is 135. The second-order valence-corrected chi connectivity index (χ2v) is 2.80. The SMILES string of the molecule is C=CC(=O)OCC(C)(C)N. The Balaban J connectivity index is 3.55. The van der Waals surface area contributed by atoms with Crippen molar-refractivity contribution < 1.29 is 9.53 Å². The van der Waals surface area contributed by atoms with Gasteiger partial charge in [-0.25, -0.2) is 4.79 Å². The van der Waals surface area contributed by atoms with Gasteiger partial charge in [-0.15, -0.1) is 0 Å². The summed E-state index contributed by atoms with van der Waals surface area (Å²) in [6, 6.07) is 0. The number of carbonyl (C=O) groups excluding carboxylic acids is 1. The number of ether oxygens (including phenoxy) is 1. The number of carbonyl (C=O) groups is 1. The first kappa shape index (κ1) is 9.17. The van der Waals surface area contributed by atoms with Crippen LogP contribution in [0.25, 0.3) is 0 Å². The normalized spacial score (nSPS) is 10.7. The van der Waals surface area contributed by atoms with Crippen LogP contribution in [0.15, 0.2) is 12.7 Å². The number of hydrogen-bond donors (Lipinski definition) is 1. The summed E-state index contributed by atoms with van der Waals surface area (Å²) >= 11 is 0. The predicted molar refractivity (Wildman–Crippen MR) is 39.4 cm³/mol. The third kappa shape index (κ3) is 5.31. The zero-order valence-corrected chi connectivity index (χ0v) is 6.39. The molecule has 0 saturated heterocycles. The Kier molecular flexibility index (Phi) is 3.09. The fourth-order valence-electron chi connectivity index (χ4n) is 0.316. The molecular weight excluding hydrogens is 130 g/mol. The molecule has 0 aliphatic carbocycles. The van der Waals surface area contributed by atoms with Crippen LogP contribution >= 0.6 is 0 Å². The Labute approximate surface area is 60.9 Å². The smallest absolute Gasteiger partial charge is 0.330 e. The molecule has 0 fully saturated rings. The Morgan fingerprint density at radius 1 is 1.80 bits per heavy atom. The van der Waals surface area contributed by atoms with E-state index in [4.69, 9.17) is 5.73 Å². The lowest BCUT2D eigenvalue weighted by atomic mass is 10.1. The molecule has 3 nitrogen and oxygen atoms in total. The number of rotatable bonds is 3. The minimum absolute atomic E-state index is 0.220. The molecule has 0 radical (unpaired) electrons. The second kappa shape index (κ2) is 3.37. The van der Waals surface area contributed by atoms with Crippen LogP contribution in [-0.2, 0) is 9.53 Å². The number of esters is 1. The molecule has 0 aromatic heterocycles. The maximum atomic E-state index is 10.5. The lowest BCUT2D eigenvalue weighted by molar-refractivity contribution is -0.139. The van der Waals surface area contributed by atoms with Gasteiger partial charge in [-0.05, 0) is 13.8 Å². The summed E-state index contributed by atoms with van der Waals surface area (Å²) < 4.78 is 4.67. The average molecular weight is 143 g/mol. The first-order valence-electron chi connectivity index (χ1n) is 3.04. The fourth-order valence-corrected chi connectivity index (χ4v) is 0.316. The summed E-state index contributed by atoms with van der Waals surface area (Å²) in [6.45, 7) is 7.03. The van der Waals surface area contributed by atoms with E-state index in [0.29, 0.717) is 0 Å². The van der Waals surface area contributed by atoms with E-state index in [2.05, 4.69) is 11.3 Å². The highest BCUT2D eigenvalue weighted by molar-refractivity contribution is 5.81.